The van der Waals surface area contributed by atoms with E-state index in [1.807, 2.05) is 0 Å². The first-order valence-corrected chi connectivity index (χ1v) is 46.8. The number of rotatable bonds is 42. The number of hydrogen-bond donors (Lipinski definition) is 0. The van der Waals surface area contributed by atoms with Gasteiger partial charge in [0.1, 0.15) is 0 Å². The fraction of sp³-hybridized carbons (Fsp3) is 0.400. The molecule has 0 atom stereocenters. The first-order chi connectivity index (χ1) is 48.0. The molecule has 0 unspecified atom stereocenters. The van der Waals surface area contributed by atoms with E-state index in [-0.39, 0.29) is 0 Å². The molecule has 0 radical (unpaired) electrons. The van der Waals surface area contributed by atoms with Crippen molar-refractivity contribution in [2.45, 2.75) is 280 Å². The van der Waals surface area contributed by atoms with Gasteiger partial charge < -0.3 is 0 Å². The van der Waals surface area contributed by atoms with Crippen molar-refractivity contribution in [3.8, 4) is 0 Å². The molecule has 0 bridgehead atoms. The Morgan fingerprint density at radius 2 is 0.296 bits per heavy atom. The predicted octanol–water partition coefficient (Wildman–Crippen LogP) is 27.7. The van der Waals surface area contributed by atoms with E-state index in [2.05, 4.69) is 281 Å². The Morgan fingerprint density at radius 1 is 0.194 bits per heavy atom. The van der Waals surface area contributed by atoms with Gasteiger partial charge in [-0.15, -0.1) is 0 Å². The Balaban J connectivity index is 1.48. The fourth-order valence-corrected chi connectivity index (χ4v) is 37.7. The molecule has 0 heterocycles. The van der Waals surface area contributed by atoms with Crippen LogP contribution in [-0.4, -0.2) is 20.1 Å². The molecule has 0 saturated carbocycles. The normalized spacial score (nSPS) is 12.7. The van der Waals surface area contributed by atoms with Crippen molar-refractivity contribution in [1.82, 2.24) is 0 Å². The molecule has 0 amide bonds. The second-order valence-electron chi connectivity index (χ2n) is 27.1. The summed E-state index contributed by atoms with van der Waals surface area (Å²) in [4.78, 5) is 8.54. The van der Waals surface area contributed by atoms with Crippen LogP contribution in [-0.2, 0) is 68.2 Å². The van der Waals surface area contributed by atoms with Gasteiger partial charge >= 0.3 is 610 Å². The standard InChI is InChI=1S/3C30H40OS.O.Sb/c3*1-4-7-10-25-13-19-28(20-14-25)32(31,29-21-15-26(16-22-29)11-8-5-2)30-23-17-27(18-24-30)12-9-6-3;;/h3*13-24,31H,4-12H2,1-3H3;;/q;;;;+3/p-3. The topological polar surface area (TPSA) is 44.8 Å². The number of unbranched alkanes of at least 4 members (excludes halogenated alkanes) is 9. The van der Waals surface area contributed by atoms with Gasteiger partial charge in [-0.2, -0.15) is 0 Å². The second kappa shape index (κ2) is 39.1. The van der Waals surface area contributed by atoms with Crippen LogP contribution in [0.15, 0.2) is 262 Å². The summed E-state index contributed by atoms with van der Waals surface area (Å²) in [5.74, 6) is 0. The van der Waals surface area contributed by atoms with Gasteiger partial charge in [-0.05, 0) is 0 Å². The molecule has 524 valence electrons. The molecular weight excluding hydrogens is 1360 g/mol. The molecule has 98 heavy (non-hydrogen) atoms. The van der Waals surface area contributed by atoms with Crippen LogP contribution < -0.4 is 0 Å². The summed E-state index contributed by atoms with van der Waals surface area (Å²) in [6, 6.07) is 82.7. The van der Waals surface area contributed by atoms with E-state index in [0.717, 1.165) is 217 Å². The van der Waals surface area contributed by atoms with Crippen LogP contribution in [0.3, 0.4) is 0 Å². The van der Waals surface area contributed by atoms with E-state index in [4.69, 9.17) is 7.38 Å². The first kappa shape index (κ1) is 76.7. The van der Waals surface area contributed by atoms with E-state index in [1.54, 1.807) is 0 Å². The van der Waals surface area contributed by atoms with Gasteiger partial charge in [-0.3, -0.25) is 0 Å². The molecule has 0 spiro atoms. The average molecular weight is 1480 g/mol. The third kappa shape index (κ3) is 19.6. The zero-order valence-corrected chi connectivity index (χ0v) is 66.2. The molecule has 0 aliphatic carbocycles. The minimum absolute atomic E-state index is 0.949. The van der Waals surface area contributed by atoms with Crippen molar-refractivity contribution >= 4 is 51.0 Å². The third-order valence-corrected chi connectivity index (χ3v) is 39.4. The molecule has 0 fully saturated rings. The molecule has 0 aliphatic heterocycles. The van der Waals surface area contributed by atoms with E-state index < -0.39 is 51.0 Å². The summed E-state index contributed by atoms with van der Waals surface area (Å²) in [6.07, 6.45) is 28.3. The SMILES string of the molecule is CCCCc1ccc(S([O][Sb](=[O])([O]S(c2ccc(CCCC)cc2)(c2ccc(CCCC)cc2)c2ccc(CCCC)cc2)[O]S(c2ccc(CCCC)cc2)(c2ccc(CCCC)cc2)c2ccc(CCCC)cc2)(c2ccc(CCCC)cc2)c2ccc(CCCC)cc2)cc1. The van der Waals surface area contributed by atoms with Crippen LogP contribution in [0.4, 0.5) is 0 Å². The monoisotopic (exact) mass is 1480 g/mol. The number of benzene rings is 9. The van der Waals surface area contributed by atoms with Crippen LogP contribution in [0.2, 0.25) is 0 Å². The molecule has 9 aromatic rings. The Labute approximate surface area is 604 Å². The van der Waals surface area contributed by atoms with E-state index in [1.165, 1.54) is 50.1 Å². The summed E-state index contributed by atoms with van der Waals surface area (Å²) in [7, 11) is -9.27. The van der Waals surface area contributed by atoms with Gasteiger partial charge in [0.25, 0.3) is 0 Å². The fourth-order valence-electron chi connectivity index (χ4n) is 13.1. The molecule has 4 nitrogen and oxygen atoms in total. The molecule has 0 aromatic heterocycles. The summed E-state index contributed by atoms with van der Waals surface area (Å²) in [6.45, 7) is 20.4. The van der Waals surface area contributed by atoms with E-state index in [9.17, 15) is 0 Å². The van der Waals surface area contributed by atoms with Crippen molar-refractivity contribution < 1.29 is 10.4 Å². The van der Waals surface area contributed by atoms with Gasteiger partial charge in [0, 0.05) is 0 Å². The quantitative estimate of drug-likeness (QED) is 0.0358. The number of hydrogen-bond acceptors (Lipinski definition) is 4. The summed E-state index contributed by atoms with van der Waals surface area (Å²) < 4.78 is 46.1. The Morgan fingerprint density at radius 3 is 0.388 bits per heavy atom. The molecule has 0 aliphatic rings. The van der Waals surface area contributed by atoms with Gasteiger partial charge in [0.2, 0.25) is 0 Å². The predicted molar refractivity (Wildman–Crippen MR) is 422 cm³/mol. The zero-order chi connectivity index (χ0) is 69.1. The van der Waals surface area contributed by atoms with E-state index >= 15 is 3.02 Å². The third-order valence-electron chi connectivity index (χ3n) is 19.3. The Hall–Kier alpha value is -5.47. The number of aryl methyl sites for hydroxylation is 9. The van der Waals surface area contributed by atoms with Crippen molar-refractivity contribution in [3.63, 3.8) is 0 Å². The van der Waals surface area contributed by atoms with Crippen LogP contribution in [0.25, 0.3) is 0 Å². The first-order valence-electron chi connectivity index (χ1n) is 38.0. The van der Waals surface area contributed by atoms with E-state index in [0.29, 0.717) is 0 Å². The van der Waals surface area contributed by atoms with Crippen LogP contribution in [0, 0.1) is 0 Å². The Kier molecular flexibility index (Phi) is 30.6. The molecule has 8 heteroatoms. The zero-order valence-electron chi connectivity index (χ0n) is 61.2. The Bertz CT molecular complexity index is 3020. The van der Waals surface area contributed by atoms with Crippen molar-refractivity contribution in [1.29, 1.82) is 0 Å². The van der Waals surface area contributed by atoms with Crippen molar-refractivity contribution in [2.75, 3.05) is 0 Å². The van der Waals surface area contributed by atoms with Crippen molar-refractivity contribution in [2.24, 2.45) is 0 Å². The maximum atomic E-state index is 19.8. The average Bonchev–Trinajstić information content (AvgIpc) is 0.718. The van der Waals surface area contributed by atoms with Crippen molar-refractivity contribution in [3.05, 3.63) is 268 Å². The van der Waals surface area contributed by atoms with Crippen LogP contribution in [0.5, 0.6) is 0 Å². The maximum absolute atomic E-state index is 19.8. The molecule has 0 N–H and O–H groups in total. The van der Waals surface area contributed by atoms with Gasteiger partial charge in [-0.1, -0.05) is 0 Å². The van der Waals surface area contributed by atoms with Gasteiger partial charge in [0.15, 0.2) is 0 Å². The van der Waals surface area contributed by atoms with Gasteiger partial charge in [-0.25, -0.2) is 0 Å². The second-order valence-corrected chi connectivity index (χ2v) is 41.5. The molecule has 9 rings (SSSR count). The molecule has 9 aromatic carbocycles. The molecular formula is C90H117O4S3Sb. The summed E-state index contributed by atoms with van der Waals surface area (Å²) in [5, 5.41) is 0. The van der Waals surface area contributed by atoms with Crippen LogP contribution >= 0.6 is 30.9 Å². The summed E-state index contributed by atoms with van der Waals surface area (Å²) in [5.41, 5.74) is 11.4. The van der Waals surface area contributed by atoms with Crippen LogP contribution in [0.1, 0.15) is 228 Å². The van der Waals surface area contributed by atoms with Gasteiger partial charge in [0.05, 0.1) is 0 Å². The molecule has 0 saturated heterocycles. The minimum atomic E-state index is -6.90. The summed E-state index contributed by atoms with van der Waals surface area (Å²) >= 11 is -6.90.